The van der Waals surface area contributed by atoms with Gasteiger partial charge in [-0.2, -0.15) is 10.2 Å². The lowest BCUT2D eigenvalue weighted by atomic mass is 10.2. The summed E-state index contributed by atoms with van der Waals surface area (Å²) in [5.74, 6) is -0.423. The second-order valence-corrected chi connectivity index (χ2v) is 5.44. The third-order valence-electron chi connectivity index (χ3n) is 3.12. The third kappa shape index (κ3) is 5.18. The zero-order chi connectivity index (χ0) is 19.1. The van der Waals surface area contributed by atoms with Gasteiger partial charge in [-0.15, -0.1) is 0 Å². The number of ether oxygens (including phenoxy) is 1. The van der Waals surface area contributed by atoms with Crippen LogP contribution >= 0.6 is 11.6 Å². The van der Waals surface area contributed by atoms with Crippen molar-refractivity contribution >= 4 is 23.7 Å². The summed E-state index contributed by atoms with van der Waals surface area (Å²) in [4.78, 5) is 36.1. The van der Waals surface area contributed by atoms with E-state index in [9.17, 15) is 19.5 Å². The Kier molecular flexibility index (Phi) is 6.50. The zero-order valence-electron chi connectivity index (χ0n) is 13.7. The van der Waals surface area contributed by atoms with Crippen molar-refractivity contribution in [2.45, 2.75) is 19.8 Å². The van der Waals surface area contributed by atoms with Gasteiger partial charge in [-0.3, -0.25) is 14.6 Å². The number of carbonyl (C=O) groups excluding carboxylic acids is 1. The number of phenolic OH excluding ortho intramolecular Hbond substituents is 1. The fourth-order valence-corrected chi connectivity index (χ4v) is 2.16. The van der Waals surface area contributed by atoms with E-state index in [1.807, 2.05) is 4.98 Å². The first-order valence-electron chi connectivity index (χ1n) is 7.55. The quantitative estimate of drug-likeness (QED) is 0.400. The van der Waals surface area contributed by atoms with E-state index in [4.69, 9.17) is 16.3 Å². The number of nitrogens with zero attached hydrogens (tertiary/aromatic N) is 2. The van der Waals surface area contributed by atoms with E-state index in [2.05, 4.69) is 20.7 Å². The van der Waals surface area contributed by atoms with Crippen LogP contribution in [0.2, 0.25) is 5.02 Å². The van der Waals surface area contributed by atoms with Gasteiger partial charge in [-0.25, -0.2) is 15.3 Å². The van der Waals surface area contributed by atoms with Crippen LogP contribution in [0.25, 0.3) is 0 Å². The van der Waals surface area contributed by atoms with Crippen molar-refractivity contribution in [2.24, 2.45) is 5.10 Å². The molecule has 0 atom stereocenters. The molecule has 1 aromatic carbocycles. The van der Waals surface area contributed by atoms with Crippen molar-refractivity contribution < 1.29 is 14.6 Å². The number of halogens is 1. The monoisotopic (exact) mass is 381 g/mol. The topological polar surface area (TPSA) is 150 Å². The van der Waals surface area contributed by atoms with Crippen LogP contribution in [0.5, 0.6) is 11.5 Å². The van der Waals surface area contributed by atoms with Crippen molar-refractivity contribution in [1.29, 1.82) is 0 Å². The van der Waals surface area contributed by atoms with Gasteiger partial charge in [0.05, 0.1) is 17.8 Å². The van der Waals surface area contributed by atoms with Gasteiger partial charge in [0.2, 0.25) is 5.91 Å². The Bertz CT molecular complexity index is 937. The first-order chi connectivity index (χ1) is 12.4. The molecule has 10 nitrogen and oxygen atoms in total. The maximum Gasteiger partial charge on any atom is 0.342 e. The second-order valence-electron chi connectivity index (χ2n) is 5.03. The first kappa shape index (κ1) is 19.2. The minimum atomic E-state index is -0.716. The molecule has 11 heteroatoms. The van der Waals surface area contributed by atoms with Crippen molar-refractivity contribution in [3.8, 4) is 11.5 Å². The van der Waals surface area contributed by atoms with Gasteiger partial charge < -0.3 is 9.84 Å². The van der Waals surface area contributed by atoms with Gasteiger partial charge in [-0.05, 0) is 24.6 Å². The Hall–Kier alpha value is -3.14. The lowest BCUT2D eigenvalue weighted by molar-refractivity contribution is -0.121. The number of aromatic amines is 2. The third-order valence-corrected chi connectivity index (χ3v) is 3.41. The standard InChI is InChI=1S/C15H16ClN5O5/c1-2-26-11-6-8(5-9(16)13(11)23)7-17-20-12(22)4-3-10-14(24)18-15(25)21-19-10/h5-7,23H,2-4H2,1H3,(H,20,22)(H2,18,21,24,25)/b17-7+. The maximum absolute atomic E-state index is 11.7. The summed E-state index contributed by atoms with van der Waals surface area (Å²) in [5, 5.41) is 19.3. The van der Waals surface area contributed by atoms with E-state index in [1.54, 1.807) is 6.92 Å². The highest BCUT2D eigenvalue weighted by atomic mass is 35.5. The molecule has 0 aliphatic carbocycles. The molecule has 0 radical (unpaired) electrons. The van der Waals surface area contributed by atoms with Crippen LogP contribution in [-0.2, 0) is 11.2 Å². The average molecular weight is 382 g/mol. The number of aryl methyl sites for hydroxylation is 1. The summed E-state index contributed by atoms with van der Waals surface area (Å²) in [6.45, 7) is 2.11. The minimum Gasteiger partial charge on any atom is -0.503 e. The molecule has 4 N–H and O–H groups in total. The van der Waals surface area contributed by atoms with Crippen molar-refractivity contribution in [3.05, 3.63) is 49.3 Å². The Balaban J connectivity index is 1.94. The smallest absolute Gasteiger partial charge is 0.342 e. The van der Waals surface area contributed by atoms with Gasteiger partial charge in [0.25, 0.3) is 5.56 Å². The molecule has 0 bridgehead atoms. The van der Waals surface area contributed by atoms with E-state index >= 15 is 0 Å². The second kappa shape index (κ2) is 8.81. The van der Waals surface area contributed by atoms with Crippen LogP contribution < -0.4 is 21.4 Å². The van der Waals surface area contributed by atoms with Crippen LogP contribution in [-0.4, -0.2) is 39.0 Å². The molecule has 2 rings (SSSR count). The van der Waals surface area contributed by atoms with E-state index in [1.165, 1.54) is 18.3 Å². The van der Waals surface area contributed by atoms with Gasteiger partial charge in [0, 0.05) is 12.8 Å². The van der Waals surface area contributed by atoms with Gasteiger partial charge >= 0.3 is 5.69 Å². The van der Waals surface area contributed by atoms with E-state index in [0.717, 1.165) is 0 Å². The number of rotatable bonds is 7. The van der Waals surface area contributed by atoms with E-state index < -0.39 is 17.2 Å². The molecule has 0 aliphatic rings. The molecule has 2 aromatic rings. The number of H-pyrrole nitrogens is 2. The number of carbonyl (C=O) groups is 1. The van der Waals surface area contributed by atoms with Crippen LogP contribution in [0, 0.1) is 0 Å². The predicted molar refractivity (Wildman–Crippen MR) is 93.8 cm³/mol. The maximum atomic E-state index is 11.7. The fraction of sp³-hybridized carbons (Fsp3) is 0.267. The van der Waals surface area contributed by atoms with Gasteiger partial charge in [0.15, 0.2) is 11.5 Å². The lowest BCUT2D eigenvalue weighted by Crippen LogP contribution is -2.28. The molecule has 0 spiro atoms. The number of amides is 1. The van der Waals surface area contributed by atoms with Crippen LogP contribution in [0.3, 0.4) is 0 Å². The molecule has 26 heavy (non-hydrogen) atoms. The summed E-state index contributed by atoms with van der Waals surface area (Å²) in [6.07, 6.45) is 1.31. The largest absolute Gasteiger partial charge is 0.503 e. The molecule has 138 valence electrons. The average Bonchev–Trinajstić information content (AvgIpc) is 2.58. The molecule has 0 saturated heterocycles. The molecule has 0 saturated carbocycles. The predicted octanol–water partition coefficient (Wildman–Crippen LogP) is 0.299. The normalized spacial score (nSPS) is 10.8. The van der Waals surface area contributed by atoms with E-state index in [-0.39, 0.29) is 35.1 Å². The molecule has 1 amide bonds. The number of hydrogen-bond donors (Lipinski definition) is 4. The molecule has 0 unspecified atom stereocenters. The highest BCUT2D eigenvalue weighted by Gasteiger charge is 2.09. The Morgan fingerprint density at radius 3 is 2.92 bits per heavy atom. The lowest BCUT2D eigenvalue weighted by Gasteiger charge is -2.08. The summed E-state index contributed by atoms with van der Waals surface area (Å²) in [7, 11) is 0. The number of nitrogens with one attached hydrogen (secondary N) is 3. The number of phenols is 1. The van der Waals surface area contributed by atoms with Gasteiger partial charge in [0.1, 0.15) is 5.69 Å². The number of aromatic hydroxyl groups is 1. The summed E-state index contributed by atoms with van der Waals surface area (Å²) in [5.41, 5.74) is 1.47. The summed E-state index contributed by atoms with van der Waals surface area (Å²) >= 11 is 5.90. The fourth-order valence-electron chi connectivity index (χ4n) is 1.94. The number of aromatic nitrogens is 3. The number of benzene rings is 1. The first-order valence-corrected chi connectivity index (χ1v) is 7.93. The van der Waals surface area contributed by atoms with Crippen molar-refractivity contribution in [1.82, 2.24) is 20.6 Å². The highest BCUT2D eigenvalue weighted by Crippen LogP contribution is 2.34. The Morgan fingerprint density at radius 2 is 2.23 bits per heavy atom. The molecular formula is C15H16ClN5O5. The van der Waals surface area contributed by atoms with Gasteiger partial charge in [-0.1, -0.05) is 11.6 Å². The molecule has 0 fully saturated rings. The minimum absolute atomic E-state index is 0.0347. The van der Waals surface area contributed by atoms with Crippen molar-refractivity contribution in [3.63, 3.8) is 0 Å². The van der Waals surface area contributed by atoms with Crippen molar-refractivity contribution in [2.75, 3.05) is 6.61 Å². The highest BCUT2D eigenvalue weighted by molar-refractivity contribution is 6.32. The van der Waals surface area contributed by atoms with Crippen LogP contribution in [0.15, 0.2) is 26.8 Å². The molecule has 1 aromatic heterocycles. The Labute approximate surface area is 151 Å². The van der Waals surface area contributed by atoms with E-state index in [0.29, 0.717) is 12.2 Å². The summed E-state index contributed by atoms with van der Waals surface area (Å²) in [6, 6.07) is 2.98. The molecule has 0 aliphatic heterocycles. The molecule has 1 heterocycles. The molecular weight excluding hydrogens is 366 g/mol. The SMILES string of the molecule is CCOc1cc(/C=N/NC(=O)CCc2n[nH]c(=O)[nH]c2=O)cc(Cl)c1O. The Morgan fingerprint density at radius 1 is 1.46 bits per heavy atom. The number of hydrazone groups is 1. The van der Waals surface area contributed by atoms with Crippen LogP contribution in [0.1, 0.15) is 24.6 Å². The summed E-state index contributed by atoms with van der Waals surface area (Å²) < 4.78 is 5.24. The van der Waals surface area contributed by atoms with Crippen LogP contribution in [0.4, 0.5) is 0 Å². The number of hydrogen-bond acceptors (Lipinski definition) is 7. The zero-order valence-corrected chi connectivity index (χ0v) is 14.5.